The molecular weight excluding hydrogens is 209 g/mol. The van der Waals surface area contributed by atoms with Crippen LogP contribution in [0.25, 0.3) is 0 Å². The van der Waals surface area contributed by atoms with Crippen molar-refractivity contribution in [1.29, 1.82) is 0 Å². The van der Waals surface area contributed by atoms with Crippen LogP contribution in [0.5, 0.6) is 0 Å². The van der Waals surface area contributed by atoms with Crippen LogP contribution >= 0.6 is 0 Å². The summed E-state index contributed by atoms with van der Waals surface area (Å²) in [6.45, 7) is -0.627. The van der Waals surface area contributed by atoms with E-state index in [0.29, 0.717) is 12.6 Å². The summed E-state index contributed by atoms with van der Waals surface area (Å²) < 4.78 is 39.5. The lowest BCUT2D eigenvalue weighted by Gasteiger charge is -2.12. The maximum Gasteiger partial charge on any atom is 0.411 e. The standard InChI is InChI=1S/C9H17F3N2O/c10-9(11,12)6-15-4-3-14-8-2-1-7(13)5-8/h7-8,14H,1-6,13H2. The Morgan fingerprint density at radius 1 is 1.33 bits per heavy atom. The normalized spacial score (nSPS) is 27.2. The van der Waals surface area contributed by atoms with Crippen molar-refractivity contribution in [1.82, 2.24) is 5.32 Å². The van der Waals surface area contributed by atoms with Gasteiger partial charge in [-0.2, -0.15) is 13.2 Å². The van der Waals surface area contributed by atoms with Gasteiger partial charge < -0.3 is 15.8 Å². The highest BCUT2D eigenvalue weighted by Crippen LogP contribution is 2.17. The maximum absolute atomic E-state index is 11.7. The van der Waals surface area contributed by atoms with Crippen molar-refractivity contribution in [3.05, 3.63) is 0 Å². The summed E-state index contributed by atoms with van der Waals surface area (Å²) in [5.41, 5.74) is 5.69. The van der Waals surface area contributed by atoms with Crippen LogP contribution in [0.2, 0.25) is 0 Å². The second-order valence-electron chi connectivity index (χ2n) is 3.89. The predicted octanol–water partition coefficient (Wildman–Crippen LogP) is 1.03. The summed E-state index contributed by atoms with van der Waals surface area (Å²) in [6, 6.07) is 0.577. The minimum absolute atomic E-state index is 0.0885. The first-order valence-electron chi connectivity index (χ1n) is 5.11. The van der Waals surface area contributed by atoms with Crippen molar-refractivity contribution in [3.63, 3.8) is 0 Å². The Hall–Kier alpha value is -0.330. The summed E-state index contributed by atoms with van der Waals surface area (Å²) in [5, 5.41) is 3.13. The van der Waals surface area contributed by atoms with Crippen LogP contribution in [0, 0.1) is 0 Å². The minimum Gasteiger partial charge on any atom is -0.371 e. The number of hydrogen-bond donors (Lipinski definition) is 2. The molecule has 0 aliphatic heterocycles. The van der Waals surface area contributed by atoms with E-state index in [2.05, 4.69) is 10.1 Å². The van der Waals surface area contributed by atoms with Gasteiger partial charge in [0.15, 0.2) is 0 Å². The molecule has 1 aliphatic carbocycles. The van der Waals surface area contributed by atoms with Crippen LogP contribution in [0.1, 0.15) is 19.3 Å². The fourth-order valence-corrected chi connectivity index (χ4v) is 1.72. The Morgan fingerprint density at radius 3 is 2.60 bits per heavy atom. The summed E-state index contributed by atoms with van der Waals surface area (Å²) >= 11 is 0. The third-order valence-corrected chi connectivity index (χ3v) is 2.42. The first kappa shape index (κ1) is 12.7. The molecule has 1 aliphatic rings. The number of nitrogens with one attached hydrogen (secondary N) is 1. The van der Waals surface area contributed by atoms with Gasteiger partial charge in [-0.25, -0.2) is 0 Å². The SMILES string of the molecule is NC1CCC(NCCOCC(F)(F)F)C1. The average Bonchev–Trinajstić information content (AvgIpc) is 2.49. The second kappa shape index (κ2) is 5.67. The molecule has 1 saturated carbocycles. The highest BCUT2D eigenvalue weighted by atomic mass is 19.4. The molecule has 15 heavy (non-hydrogen) atoms. The molecule has 0 aromatic rings. The third-order valence-electron chi connectivity index (χ3n) is 2.42. The largest absolute Gasteiger partial charge is 0.411 e. The number of ether oxygens (including phenoxy) is 1. The molecule has 1 rings (SSSR count). The van der Waals surface area contributed by atoms with E-state index >= 15 is 0 Å². The van der Waals surface area contributed by atoms with Crippen LogP contribution in [0.3, 0.4) is 0 Å². The Morgan fingerprint density at radius 2 is 2.07 bits per heavy atom. The molecule has 90 valence electrons. The third kappa shape index (κ3) is 5.96. The van der Waals surface area contributed by atoms with E-state index in [0.717, 1.165) is 19.3 Å². The molecule has 0 aromatic carbocycles. The molecule has 3 nitrogen and oxygen atoms in total. The lowest BCUT2D eigenvalue weighted by molar-refractivity contribution is -0.173. The Labute approximate surface area is 87.2 Å². The quantitative estimate of drug-likeness (QED) is 0.688. The van der Waals surface area contributed by atoms with Crippen molar-refractivity contribution in [2.45, 2.75) is 37.5 Å². The van der Waals surface area contributed by atoms with Gasteiger partial charge in [-0.3, -0.25) is 0 Å². The van der Waals surface area contributed by atoms with Gasteiger partial charge in [0.25, 0.3) is 0 Å². The monoisotopic (exact) mass is 226 g/mol. The van der Waals surface area contributed by atoms with Crippen LogP contribution in [0.15, 0.2) is 0 Å². The number of nitrogens with two attached hydrogens (primary N) is 1. The summed E-state index contributed by atoms with van der Waals surface area (Å²) in [7, 11) is 0. The summed E-state index contributed by atoms with van der Waals surface area (Å²) in [6.07, 6.45) is -1.34. The van der Waals surface area contributed by atoms with Crippen molar-refractivity contribution in [3.8, 4) is 0 Å². The molecule has 2 atom stereocenters. The highest BCUT2D eigenvalue weighted by Gasteiger charge is 2.27. The van der Waals surface area contributed by atoms with Gasteiger partial charge in [0.2, 0.25) is 0 Å². The van der Waals surface area contributed by atoms with Crippen molar-refractivity contribution in [2.75, 3.05) is 19.8 Å². The molecule has 2 unspecified atom stereocenters. The van der Waals surface area contributed by atoms with E-state index in [-0.39, 0.29) is 12.6 Å². The summed E-state index contributed by atoms with van der Waals surface area (Å²) in [4.78, 5) is 0. The van der Waals surface area contributed by atoms with Crippen molar-refractivity contribution < 1.29 is 17.9 Å². The molecule has 3 N–H and O–H groups in total. The van der Waals surface area contributed by atoms with E-state index in [4.69, 9.17) is 5.73 Å². The van der Waals surface area contributed by atoms with Gasteiger partial charge in [0.05, 0.1) is 6.61 Å². The van der Waals surface area contributed by atoms with Gasteiger partial charge >= 0.3 is 6.18 Å². The van der Waals surface area contributed by atoms with E-state index in [1.54, 1.807) is 0 Å². The zero-order valence-corrected chi connectivity index (χ0v) is 8.52. The Balaban J connectivity index is 1.93. The number of rotatable bonds is 5. The lowest BCUT2D eigenvalue weighted by Crippen LogP contribution is -2.32. The van der Waals surface area contributed by atoms with Gasteiger partial charge in [0, 0.05) is 18.6 Å². The van der Waals surface area contributed by atoms with E-state index in [1.807, 2.05) is 0 Å². The second-order valence-corrected chi connectivity index (χ2v) is 3.89. The molecule has 0 bridgehead atoms. The van der Waals surface area contributed by atoms with Crippen molar-refractivity contribution >= 4 is 0 Å². The van der Waals surface area contributed by atoms with Crippen LogP contribution in [-0.4, -0.2) is 38.0 Å². The molecule has 6 heteroatoms. The van der Waals surface area contributed by atoms with Crippen LogP contribution < -0.4 is 11.1 Å². The van der Waals surface area contributed by atoms with Crippen LogP contribution in [-0.2, 0) is 4.74 Å². The van der Waals surface area contributed by atoms with E-state index in [1.165, 1.54) is 0 Å². The van der Waals surface area contributed by atoms with E-state index < -0.39 is 12.8 Å². The van der Waals surface area contributed by atoms with Gasteiger partial charge in [0.1, 0.15) is 6.61 Å². The average molecular weight is 226 g/mol. The molecule has 0 heterocycles. The van der Waals surface area contributed by atoms with Gasteiger partial charge in [-0.15, -0.1) is 0 Å². The number of hydrogen-bond acceptors (Lipinski definition) is 3. The number of halogens is 3. The fourth-order valence-electron chi connectivity index (χ4n) is 1.72. The molecule has 0 amide bonds. The topological polar surface area (TPSA) is 47.3 Å². The zero-order chi connectivity index (χ0) is 11.3. The first-order chi connectivity index (χ1) is 6.97. The molecule has 0 aromatic heterocycles. The number of alkyl halides is 3. The lowest BCUT2D eigenvalue weighted by atomic mass is 10.2. The Bertz CT molecular complexity index is 187. The minimum atomic E-state index is -4.23. The van der Waals surface area contributed by atoms with E-state index in [9.17, 15) is 13.2 Å². The smallest absolute Gasteiger partial charge is 0.371 e. The van der Waals surface area contributed by atoms with Crippen LogP contribution in [0.4, 0.5) is 13.2 Å². The molecule has 0 spiro atoms. The maximum atomic E-state index is 11.7. The fraction of sp³-hybridized carbons (Fsp3) is 1.00. The van der Waals surface area contributed by atoms with Gasteiger partial charge in [-0.1, -0.05) is 0 Å². The molecule has 0 saturated heterocycles. The molecule has 0 radical (unpaired) electrons. The molecule has 1 fully saturated rings. The Kier molecular flexibility index (Phi) is 4.82. The predicted molar refractivity (Wildman–Crippen MR) is 50.5 cm³/mol. The zero-order valence-electron chi connectivity index (χ0n) is 8.52. The highest BCUT2D eigenvalue weighted by molar-refractivity contribution is 4.82. The van der Waals surface area contributed by atoms with Gasteiger partial charge in [-0.05, 0) is 19.3 Å². The molecular formula is C9H17F3N2O. The first-order valence-corrected chi connectivity index (χ1v) is 5.11. The summed E-state index contributed by atoms with van der Waals surface area (Å²) in [5.74, 6) is 0. The van der Waals surface area contributed by atoms with Crippen molar-refractivity contribution in [2.24, 2.45) is 5.73 Å².